The lowest BCUT2D eigenvalue weighted by Crippen LogP contribution is -2.15. The van der Waals surface area contributed by atoms with E-state index in [4.69, 9.17) is 19.9 Å². The molecule has 0 fully saturated rings. The average molecular weight is 736 g/mol. The van der Waals surface area contributed by atoms with Gasteiger partial charge in [-0.2, -0.15) is 0 Å². The zero-order valence-corrected chi connectivity index (χ0v) is 33.8. The molecule has 56 heavy (non-hydrogen) atoms. The summed E-state index contributed by atoms with van der Waals surface area (Å²) in [6.07, 6.45) is 9.41. The van der Waals surface area contributed by atoms with Crippen molar-refractivity contribution in [3.8, 4) is 56.2 Å². The zero-order valence-electron chi connectivity index (χ0n) is 33.8. The molecule has 0 unspecified atom stereocenters. The van der Waals surface area contributed by atoms with E-state index in [2.05, 4.69) is 128 Å². The predicted molar refractivity (Wildman–Crippen MR) is 231 cm³/mol. The molecule has 6 heteroatoms. The van der Waals surface area contributed by atoms with Gasteiger partial charge in [-0.3, -0.25) is 19.5 Å². The van der Waals surface area contributed by atoms with E-state index >= 15 is 0 Å². The summed E-state index contributed by atoms with van der Waals surface area (Å²) in [7, 11) is 0. The molecule has 8 rings (SSSR count). The van der Waals surface area contributed by atoms with Crippen LogP contribution in [0.1, 0.15) is 79.0 Å². The molecule has 8 aromatic rings. The Morgan fingerprint density at radius 2 is 1.21 bits per heavy atom. The predicted octanol–water partition coefficient (Wildman–Crippen LogP) is 12.6. The summed E-state index contributed by atoms with van der Waals surface area (Å²) < 4.78 is 2.16. The van der Waals surface area contributed by atoms with Crippen LogP contribution in [0.5, 0.6) is 5.75 Å². The van der Waals surface area contributed by atoms with E-state index in [1.54, 1.807) is 12.3 Å². The minimum atomic E-state index is -0.0844. The fourth-order valence-electron chi connectivity index (χ4n) is 7.59. The highest BCUT2D eigenvalue weighted by atomic mass is 16.3. The van der Waals surface area contributed by atoms with E-state index in [1.807, 2.05) is 55.1 Å². The smallest absolute Gasteiger partial charge is 0.147 e. The van der Waals surface area contributed by atoms with Crippen molar-refractivity contribution >= 4 is 21.9 Å². The lowest BCUT2D eigenvalue weighted by atomic mass is 9.80. The van der Waals surface area contributed by atoms with Crippen molar-refractivity contribution in [1.29, 1.82) is 0 Å². The van der Waals surface area contributed by atoms with Crippen LogP contribution in [-0.4, -0.2) is 29.6 Å². The number of phenols is 1. The van der Waals surface area contributed by atoms with Gasteiger partial charge < -0.3 is 5.11 Å². The molecule has 4 heterocycles. The lowest BCUT2D eigenvalue weighted by molar-refractivity contribution is 0.477. The van der Waals surface area contributed by atoms with Gasteiger partial charge in [0.05, 0.1) is 17.2 Å². The SMILES string of the molecule is CC(C)(C)c1ccc(-n2c(-c3cncc(-c4cc(C(C)(C)C)cc5c(C(C)(C)C)ccnc45)c3)nc3c(-c4cc(-c5ccccc5)ccc4O)cncc32)cc1. The standard InChI is InChI=1S/C50H49N5O/c1-48(2,3)35-16-18-37(19-17-35)55-43-30-52-29-41(39-24-32(15-20-44(39)56)31-13-11-10-12-14-31)46(43)54-47(55)34-23-33(27-51-28-34)38-25-36(49(4,5)6)26-40-42(50(7,8)9)21-22-53-45(38)40/h10-30,56H,1-9H3. The van der Waals surface area contributed by atoms with Gasteiger partial charge in [0.1, 0.15) is 17.1 Å². The Labute approximate surface area is 330 Å². The molecule has 0 saturated carbocycles. The van der Waals surface area contributed by atoms with Gasteiger partial charge in [0.15, 0.2) is 0 Å². The number of rotatable bonds is 5. The van der Waals surface area contributed by atoms with Gasteiger partial charge in [0.25, 0.3) is 0 Å². The number of nitrogens with zero attached hydrogens (tertiary/aromatic N) is 5. The first kappa shape index (κ1) is 36.8. The molecule has 0 aliphatic rings. The maximum atomic E-state index is 11.3. The van der Waals surface area contributed by atoms with Gasteiger partial charge in [-0.1, -0.05) is 111 Å². The van der Waals surface area contributed by atoms with Gasteiger partial charge in [-0.15, -0.1) is 0 Å². The minimum Gasteiger partial charge on any atom is -0.507 e. The molecule has 0 amide bonds. The van der Waals surface area contributed by atoms with Crippen molar-refractivity contribution in [2.24, 2.45) is 0 Å². The van der Waals surface area contributed by atoms with Gasteiger partial charge in [0, 0.05) is 63.7 Å². The first-order valence-corrected chi connectivity index (χ1v) is 19.3. The molecule has 0 saturated heterocycles. The summed E-state index contributed by atoms with van der Waals surface area (Å²) in [6, 6.07) is 33.5. The molecule has 0 aliphatic carbocycles. The molecule has 0 atom stereocenters. The number of hydrogen-bond donors (Lipinski definition) is 1. The van der Waals surface area contributed by atoms with Crippen molar-refractivity contribution in [2.75, 3.05) is 0 Å². The molecule has 0 bridgehead atoms. The highest BCUT2D eigenvalue weighted by Crippen LogP contribution is 2.42. The molecular weight excluding hydrogens is 687 g/mol. The molecule has 4 aromatic heterocycles. The third kappa shape index (κ3) is 6.74. The number of pyridine rings is 3. The van der Waals surface area contributed by atoms with Crippen LogP contribution in [0.4, 0.5) is 0 Å². The van der Waals surface area contributed by atoms with Crippen molar-refractivity contribution in [3.05, 3.63) is 145 Å². The summed E-state index contributed by atoms with van der Waals surface area (Å²) in [6.45, 7) is 20.2. The molecule has 280 valence electrons. The maximum Gasteiger partial charge on any atom is 0.147 e. The average Bonchev–Trinajstić information content (AvgIpc) is 3.57. The van der Waals surface area contributed by atoms with Crippen molar-refractivity contribution < 1.29 is 5.11 Å². The summed E-state index contributed by atoms with van der Waals surface area (Å²) >= 11 is 0. The number of benzene rings is 4. The normalized spacial score (nSPS) is 12.4. The van der Waals surface area contributed by atoms with Crippen LogP contribution in [0.25, 0.3) is 72.4 Å². The zero-order chi connectivity index (χ0) is 39.6. The van der Waals surface area contributed by atoms with Crippen molar-refractivity contribution in [3.63, 3.8) is 0 Å². The Kier molecular flexibility index (Phi) is 8.91. The number of phenolic OH excluding ortho intramolecular Hbond substituents is 1. The van der Waals surface area contributed by atoms with Crippen LogP contribution < -0.4 is 0 Å². The van der Waals surface area contributed by atoms with Crippen LogP contribution in [0.3, 0.4) is 0 Å². The van der Waals surface area contributed by atoms with Gasteiger partial charge in [-0.05, 0) is 92.6 Å². The Morgan fingerprint density at radius 1 is 0.518 bits per heavy atom. The van der Waals surface area contributed by atoms with Crippen LogP contribution >= 0.6 is 0 Å². The Hall–Kier alpha value is -6.14. The van der Waals surface area contributed by atoms with Crippen LogP contribution in [0.15, 0.2) is 128 Å². The van der Waals surface area contributed by atoms with Crippen LogP contribution in [0, 0.1) is 0 Å². The Morgan fingerprint density at radius 3 is 1.91 bits per heavy atom. The Balaban J connectivity index is 1.38. The molecule has 1 N–H and O–H groups in total. The molecule has 0 radical (unpaired) electrons. The molecular formula is C50H49N5O. The second-order valence-electron chi connectivity index (χ2n) is 18.0. The number of hydrogen-bond acceptors (Lipinski definition) is 5. The number of imidazole rings is 1. The topological polar surface area (TPSA) is 76.7 Å². The van der Waals surface area contributed by atoms with Gasteiger partial charge in [0.2, 0.25) is 0 Å². The highest BCUT2D eigenvalue weighted by Gasteiger charge is 2.25. The quantitative estimate of drug-likeness (QED) is 0.190. The molecule has 0 aliphatic heterocycles. The van der Waals surface area contributed by atoms with Crippen molar-refractivity contribution in [2.45, 2.75) is 78.6 Å². The van der Waals surface area contributed by atoms with E-state index in [0.717, 1.165) is 66.8 Å². The van der Waals surface area contributed by atoms with E-state index in [9.17, 15) is 5.11 Å². The first-order valence-electron chi connectivity index (χ1n) is 19.3. The minimum absolute atomic E-state index is 0.00209. The second kappa shape index (κ2) is 13.6. The summed E-state index contributed by atoms with van der Waals surface area (Å²) in [5.41, 5.74) is 13.4. The lowest BCUT2D eigenvalue weighted by Gasteiger charge is -2.25. The van der Waals surface area contributed by atoms with Gasteiger partial charge >= 0.3 is 0 Å². The number of fused-ring (bicyclic) bond motifs is 2. The fraction of sp³-hybridized carbons (Fsp3) is 0.240. The second-order valence-corrected chi connectivity index (χ2v) is 18.0. The van der Waals surface area contributed by atoms with E-state index in [0.29, 0.717) is 5.56 Å². The summed E-state index contributed by atoms with van der Waals surface area (Å²) in [4.78, 5) is 20.0. The first-order chi connectivity index (χ1) is 26.6. The fourth-order valence-corrected chi connectivity index (χ4v) is 7.59. The molecule has 4 aromatic carbocycles. The monoisotopic (exact) mass is 735 g/mol. The van der Waals surface area contributed by atoms with Crippen LogP contribution in [0.2, 0.25) is 0 Å². The van der Waals surface area contributed by atoms with Gasteiger partial charge in [-0.25, -0.2) is 4.98 Å². The molecule has 0 spiro atoms. The third-order valence-corrected chi connectivity index (χ3v) is 10.8. The number of aromatic nitrogens is 5. The van der Waals surface area contributed by atoms with E-state index < -0.39 is 0 Å². The van der Waals surface area contributed by atoms with Crippen molar-refractivity contribution in [1.82, 2.24) is 24.5 Å². The largest absolute Gasteiger partial charge is 0.507 e. The highest BCUT2D eigenvalue weighted by molar-refractivity contribution is 5.99. The summed E-state index contributed by atoms with van der Waals surface area (Å²) in [5.74, 6) is 0.895. The third-order valence-electron chi connectivity index (χ3n) is 10.8. The van der Waals surface area contributed by atoms with Crippen LogP contribution in [-0.2, 0) is 16.2 Å². The summed E-state index contributed by atoms with van der Waals surface area (Å²) in [5, 5.41) is 12.5. The maximum absolute atomic E-state index is 11.3. The van der Waals surface area contributed by atoms with E-state index in [1.165, 1.54) is 16.7 Å². The molecule has 6 nitrogen and oxygen atoms in total. The number of aromatic hydroxyl groups is 1. The Bertz CT molecular complexity index is 2740. The van der Waals surface area contributed by atoms with E-state index in [-0.39, 0.29) is 22.0 Å².